The van der Waals surface area contributed by atoms with Crippen LogP contribution in [0.1, 0.15) is 18.1 Å². The second-order valence-electron chi connectivity index (χ2n) is 6.23. The van der Waals surface area contributed by atoms with Crippen LogP contribution in [0.15, 0.2) is 60.8 Å². The number of halogens is 1. The molecular formula is C22H21IN2O4. The summed E-state index contributed by atoms with van der Waals surface area (Å²) in [5, 5.41) is 2.65. The molecule has 1 heterocycles. The van der Waals surface area contributed by atoms with Gasteiger partial charge in [-0.05, 0) is 58.9 Å². The van der Waals surface area contributed by atoms with Gasteiger partial charge in [-0.25, -0.2) is 4.79 Å². The van der Waals surface area contributed by atoms with Crippen LogP contribution in [0.25, 0.3) is 6.08 Å². The minimum Gasteiger partial charge on any atom is -0.490 e. The molecule has 0 atom stereocenters. The van der Waals surface area contributed by atoms with Gasteiger partial charge >= 0.3 is 6.03 Å². The lowest BCUT2D eigenvalue weighted by Crippen LogP contribution is -2.30. The van der Waals surface area contributed by atoms with Crippen molar-refractivity contribution in [3.8, 4) is 11.5 Å². The molecule has 0 radical (unpaired) electrons. The molecule has 0 aromatic heterocycles. The molecule has 1 saturated heterocycles. The van der Waals surface area contributed by atoms with Crippen LogP contribution >= 0.6 is 22.6 Å². The largest absolute Gasteiger partial charge is 0.490 e. The summed E-state index contributed by atoms with van der Waals surface area (Å²) in [4.78, 5) is 26.2. The van der Waals surface area contributed by atoms with Gasteiger partial charge in [0.25, 0.3) is 5.91 Å². The first-order valence-corrected chi connectivity index (χ1v) is 10.2. The van der Waals surface area contributed by atoms with Gasteiger partial charge in [-0.15, -0.1) is 0 Å². The number of hydrogen-bond donors (Lipinski definition) is 1. The van der Waals surface area contributed by atoms with E-state index in [1.807, 2.05) is 43.3 Å². The Bertz CT molecular complexity index is 957. The average Bonchev–Trinajstić information content (AvgIpc) is 2.96. The molecule has 3 rings (SSSR count). The van der Waals surface area contributed by atoms with Crippen LogP contribution in [0.5, 0.6) is 11.5 Å². The minimum atomic E-state index is -0.434. The number of urea groups is 1. The standard InChI is InChI=1S/C22H21IN2O4/c1-3-10-29-20-17(23)11-16(13-19(20)28-4-2)12-18-21(26)25(22(27)24-18)14-15-8-6-5-7-9-15/h3,5-9,11-13H,1,4,10,14H2,2H3,(H,24,27)/b18-12+. The van der Waals surface area contributed by atoms with Gasteiger partial charge in [0.05, 0.1) is 16.7 Å². The van der Waals surface area contributed by atoms with Gasteiger partial charge in [0.1, 0.15) is 12.3 Å². The van der Waals surface area contributed by atoms with Crippen molar-refractivity contribution >= 4 is 40.6 Å². The zero-order valence-corrected chi connectivity index (χ0v) is 18.1. The summed E-state index contributed by atoms with van der Waals surface area (Å²) in [7, 11) is 0. The van der Waals surface area contributed by atoms with E-state index in [2.05, 4.69) is 34.5 Å². The Morgan fingerprint density at radius 3 is 2.62 bits per heavy atom. The fourth-order valence-corrected chi connectivity index (χ4v) is 3.65. The van der Waals surface area contributed by atoms with E-state index in [1.54, 1.807) is 18.2 Å². The summed E-state index contributed by atoms with van der Waals surface area (Å²) in [5.74, 6) is 0.840. The molecule has 6 nitrogen and oxygen atoms in total. The second-order valence-corrected chi connectivity index (χ2v) is 7.39. The van der Waals surface area contributed by atoms with E-state index < -0.39 is 6.03 Å². The molecule has 150 valence electrons. The predicted molar refractivity (Wildman–Crippen MR) is 120 cm³/mol. The average molecular weight is 504 g/mol. The Balaban J connectivity index is 1.86. The molecule has 0 unspecified atom stereocenters. The molecule has 0 saturated carbocycles. The number of imide groups is 1. The Kier molecular flexibility index (Phi) is 6.92. The molecule has 2 aromatic carbocycles. The number of carbonyl (C=O) groups excluding carboxylic acids is 2. The van der Waals surface area contributed by atoms with Gasteiger partial charge in [0.2, 0.25) is 0 Å². The smallest absolute Gasteiger partial charge is 0.329 e. The maximum absolute atomic E-state index is 12.7. The van der Waals surface area contributed by atoms with Crippen LogP contribution in [0.4, 0.5) is 4.79 Å². The van der Waals surface area contributed by atoms with E-state index in [9.17, 15) is 9.59 Å². The normalized spacial score (nSPS) is 14.8. The monoisotopic (exact) mass is 504 g/mol. The highest BCUT2D eigenvalue weighted by Gasteiger charge is 2.33. The van der Waals surface area contributed by atoms with Crippen LogP contribution in [-0.4, -0.2) is 30.1 Å². The summed E-state index contributed by atoms with van der Waals surface area (Å²) in [6.07, 6.45) is 3.31. The van der Waals surface area contributed by atoms with Gasteiger partial charge in [0.15, 0.2) is 11.5 Å². The SMILES string of the molecule is C=CCOc1c(I)cc(/C=C2/NC(=O)N(Cc3ccccc3)C2=O)cc1OCC. The maximum atomic E-state index is 12.7. The zero-order chi connectivity index (χ0) is 20.8. The minimum absolute atomic E-state index is 0.221. The van der Waals surface area contributed by atoms with Crippen molar-refractivity contribution in [2.75, 3.05) is 13.2 Å². The number of hydrogen-bond acceptors (Lipinski definition) is 4. The molecule has 1 aliphatic heterocycles. The number of carbonyl (C=O) groups is 2. The highest BCUT2D eigenvalue weighted by atomic mass is 127. The van der Waals surface area contributed by atoms with Gasteiger partial charge in [-0.2, -0.15) is 0 Å². The number of nitrogens with one attached hydrogen (secondary N) is 1. The fourth-order valence-electron chi connectivity index (χ4n) is 2.86. The predicted octanol–water partition coefficient (Wildman–Crippen LogP) is 4.35. The molecule has 1 N–H and O–H groups in total. The summed E-state index contributed by atoms with van der Waals surface area (Å²) < 4.78 is 12.2. The molecular weight excluding hydrogens is 483 g/mol. The lowest BCUT2D eigenvalue weighted by Gasteiger charge is -2.14. The molecule has 1 aliphatic rings. The molecule has 0 bridgehead atoms. The highest BCUT2D eigenvalue weighted by molar-refractivity contribution is 14.1. The number of rotatable bonds is 8. The first-order chi connectivity index (χ1) is 14.0. The van der Waals surface area contributed by atoms with Crippen molar-refractivity contribution < 1.29 is 19.1 Å². The van der Waals surface area contributed by atoms with E-state index in [-0.39, 0.29) is 18.1 Å². The van der Waals surface area contributed by atoms with E-state index in [4.69, 9.17) is 9.47 Å². The van der Waals surface area contributed by atoms with E-state index in [0.29, 0.717) is 24.7 Å². The Labute approximate surface area is 183 Å². The van der Waals surface area contributed by atoms with Crippen LogP contribution in [-0.2, 0) is 11.3 Å². The third kappa shape index (κ3) is 4.97. The van der Waals surface area contributed by atoms with Crippen LogP contribution < -0.4 is 14.8 Å². The van der Waals surface area contributed by atoms with Crippen LogP contribution in [0.3, 0.4) is 0 Å². The van der Waals surface area contributed by atoms with Gasteiger partial charge in [-0.1, -0.05) is 43.0 Å². The van der Waals surface area contributed by atoms with E-state index in [1.165, 1.54) is 4.90 Å². The molecule has 29 heavy (non-hydrogen) atoms. The number of nitrogens with zero attached hydrogens (tertiary/aromatic N) is 1. The molecule has 1 fully saturated rings. The lowest BCUT2D eigenvalue weighted by molar-refractivity contribution is -0.123. The van der Waals surface area contributed by atoms with Crippen molar-refractivity contribution in [2.45, 2.75) is 13.5 Å². The van der Waals surface area contributed by atoms with Gasteiger partial charge in [0, 0.05) is 0 Å². The Hall–Kier alpha value is -2.81. The molecule has 0 aliphatic carbocycles. The van der Waals surface area contributed by atoms with E-state index >= 15 is 0 Å². The third-order valence-electron chi connectivity index (χ3n) is 4.13. The molecule has 7 heteroatoms. The number of benzene rings is 2. The third-order valence-corrected chi connectivity index (χ3v) is 4.94. The Morgan fingerprint density at radius 2 is 1.93 bits per heavy atom. The second kappa shape index (κ2) is 9.60. The lowest BCUT2D eigenvalue weighted by atomic mass is 10.1. The Morgan fingerprint density at radius 1 is 1.17 bits per heavy atom. The summed E-state index contributed by atoms with van der Waals surface area (Å²) in [6, 6.07) is 12.6. The first-order valence-electron chi connectivity index (χ1n) is 9.12. The van der Waals surface area contributed by atoms with Crippen LogP contribution in [0, 0.1) is 3.57 Å². The summed E-state index contributed by atoms with van der Waals surface area (Å²) in [6.45, 7) is 6.60. The number of amides is 3. The van der Waals surface area contributed by atoms with Gasteiger partial charge < -0.3 is 14.8 Å². The fraction of sp³-hybridized carbons (Fsp3) is 0.182. The highest BCUT2D eigenvalue weighted by Crippen LogP contribution is 2.35. The summed E-state index contributed by atoms with van der Waals surface area (Å²) >= 11 is 2.15. The van der Waals surface area contributed by atoms with Crippen molar-refractivity contribution in [3.63, 3.8) is 0 Å². The van der Waals surface area contributed by atoms with Gasteiger partial charge in [-0.3, -0.25) is 9.69 Å². The van der Waals surface area contributed by atoms with E-state index in [0.717, 1.165) is 14.7 Å². The first kappa shape index (κ1) is 20.9. The summed E-state index contributed by atoms with van der Waals surface area (Å²) in [5.41, 5.74) is 1.84. The quantitative estimate of drug-likeness (QED) is 0.251. The van der Waals surface area contributed by atoms with Crippen LogP contribution in [0.2, 0.25) is 0 Å². The molecule has 3 amide bonds. The van der Waals surface area contributed by atoms with Crippen molar-refractivity contribution in [1.29, 1.82) is 0 Å². The number of ether oxygens (including phenoxy) is 2. The topological polar surface area (TPSA) is 67.9 Å². The molecule has 0 spiro atoms. The molecule has 2 aromatic rings. The zero-order valence-electron chi connectivity index (χ0n) is 16.0. The van der Waals surface area contributed by atoms with Crippen molar-refractivity contribution in [2.24, 2.45) is 0 Å². The van der Waals surface area contributed by atoms with Crippen molar-refractivity contribution in [3.05, 3.63) is 75.5 Å². The van der Waals surface area contributed by atoms with Crippen molar-refractivity contribution in [1.82, 2.24) is 10.2 Å². The maximum Gasteiger partial charge on any atom is 0.329 e.